The molecule has 0 saturated heterocycles. The van der Waals surface area contributed by atoms with Crippen LogP contribution in [0.4, 0.5) is 17.1 Å². The van der Waals surface area contributed by atoms with E-state index < -0.39 is 5.41 Å². The Morgan fingerprint density at radius 1 is 0.269 bits per heavy atom. The molecule has 2 aliphatic rings. The predicted octanol–water partition coefficient (Wildman–Crippen LogP) is 20.3. The van der Waals surface area contributed by atoms with Gasteiger partial charge in [0.2, 0.25) is 0 Å². The molecule has 2 heteroatoms. The molecule has 13 aromatic carbocycles. The molecule has 0 atom stereocenters. The van der Waals surface area contributed by atoms with E-state index in [1.807, 2.05) is 0 Å². The average Bonchev–Trinajstić information content (AvgIpc) is 2.99. The van der Waals surface area contributed by atoms with Gasteiger partial charge in [-0.25, -0.2) is 0 Å². The van der Waals surface area contributed by atoms with Gasteiger partial charge in [0.15, 0.2) is 0 Å². The minimum Gasteiger partial charge on any atom is -0.310 e. The van der Waals surface area contributed by atoms with Crippen molar-refractivity contribution in [1.29, 1.82) is 0 Å². The van der Waals surface area contributed by atoms with Gasteiger partial charge in [-0.05, 0) is 136 Å². The number of fused-ring (bicyclic) bond motifs is 10. The number of hydrogen-bond donors (Lipinski definition) is 0. The van der Waals surface area contributed by atoms with E-state index in [9.17, 15) is 0 Å². The van der Waals surface area contributed by atoms with Gasteiger partial charge >= 0.3 is 0 Å². The molecular weight excluding hydrogens is 1010 g/mol. The summed E-state index contributed by atoms with van der Waals surface area (Å²) in [6.07, 6.45) is 0. The lowest BCUT2D eigenvalue weighted by atomic mass is 9.67. The van der Waals surface area contributed by atoms with Crippen molar-refractivity contribution in [2.24, 2.45) is 0 Å². The fraction of sp³-hybridized carbons (Fsp3) is 0.0263. The van der Waals surface area contributed by atoms with Crippen LogP contribution in [0.3, 0.4) is 0 Å². The molecule has 0 spiro atoms. The van der Waals surface area contributed by atoms with Gasteiger partial charge in [0, 0.05) is 21.4 Å². The van der Waals surface area contributed by atoms with E-state index in [-0.39, 0.29) is 5.41 Å². The van der Waals surface area contributed by atoms with E-state index in [1.165, 1.54) is 99.4 Å². The van der Waals surface area contributed by atoms with Gasteiger partial charge in [-0.15, -0.1) is 0 Å². The number of hydrogen-bond acceptors (Lipinski definition) is 1. The molecule has 368 valence electrons. The lowest BCUT2D eigenvalue weighted by Gasteiger charge is -2.35. The molecule has 0 unspecified atom stereocenters. The van der Waals surface area contributed by atoms with Crippen LogP contribution in [0.25, 0.3) is 54.9 Å². The fourth-order valence-corrected chi connectivity index (χ4v) is 13.5. The summed E-state index contributed by atoms with van der Waals surface area (Å²) >= 11 is 3.76. The minimum absolute atomic E-state index is 0.346. The van der Waals surface area contributed by atoms with Crippen LogP contribution in [0.1, 0.15) is 44.5 Å². The summed E-state index contributed by atoms with van der Waals surface area (Å²) in [6, 6.07) is 115. The molecular formula is C76H52BrN. The van der Waals surface area contributed by atoms with Crippen LogP contribution in [0, 0.1) is 0 Å². The molecule has 15 rings (SSSR count). The molecule has 0 radical (unpaired) electrons. The highest BCUT2D eigenvalue weighted by molar-refractivity contribution is 9.10. The SMILES string of the molecule is Brc1ccc2c(c1)C(c1ccccc1)(c1ccccc1)c1ccc3ccccc3c1-2.c1ccc(-c2ccccc2N(c2ccccc2)c2ccc3c(c2)C(c2ccccc2)(c2ccccc2)c2ccc4ccccc4c2-3)cc1. The number of halogens is 1. The first-order valence-corrected chi connectivity index (χ1v) is 27.6. The maximum Gasteiger partial charge on any atom is 0.0714 e. The Balaban J connectivity index is 0.000000157. The van der Waals surface area contributed by atoms with E-state index >= 15 is 0 Å². The highest BCUT2D eigenvalue weighted by atomic mass is 79.9. The first-order chi connectivity index (χ1) is 38.6. The van der Waals surface area contributed by atoms with E-state index in [4.69, 9.17) is 0 Å². The maximum atomic E-state index is 3.76. The Morgan fingerprint density at radius 2 is 0.667 bits per heavy atom. The third kappa shape index (κ3) is 7.51. The number of para-hydroxylation sites is 2. The Hall–Kier alpha value is -9.34. The van der Waals surface area contributed by atoms with Crippen molar-refractivity contribution in [2.75, 3.05) is 4.90 Å². The van der Waals surface area contributed by atoms with Crippen LogP contribution >= 0.6 is 15.9 Å². The number of benzene rings is 13. The Labute approximate surface area is 465 Å². The van der Waals surface area contributed by atoms with E-state index in [1.54, 1.807) is 0 Å². The topological polar surface area (TPSA) is 3.24 Å². The van der Waals surface area contributed by atoms with Crippen LogP contribution in [0.15, 0.2) is 320 Å². The molecule has 1 nitrogen and oxygen atoms in total. The van der Waals surface area contributed by atoms with Gasteiger partial charge in [-0.3, -0.25) is 0 Å². The molecule has 78 heavy (non-hydrogen) atoms. The van der Waals surface area contributed by atoms with Crippen molar-refractivity contribution in [3.63, 3.8) is 0 Å². The monoisotopic (exact) mass is 1060 g/mol. The Bertz CT molecular complexity index is 4230. The van der Waals surface area contributed by atoms with Gasteiger partial charge in [0.1, 0.15) is 0 Å². The van der Waals surface area contributed by atoms with Gasteiger partial charge in [0.05, 0.1) is 16.5 Å². The van der Waals surface area contributed by atoms with Gasteiger partial charge < -0.3 is 4.90 Å². The van der Waals surface area contributed by atoms with Crippen molar-refractivity contribution in [2.45, 2.75) is 10.8 Å². The quantitative estimate of drug-likeness (QED) is 0.147. The highest BCUT2D eigenvalue weighted by Gasteiger charge is 2.48. The highest BCUT2D eigenvalue weighted by Crippen LogP contribution is 2.60. The average molecular weight is 1060 g/mol. The minimum atomic E-state index is -0.505. The van der Waals surface area contributed by atoms with Crippen LogP contribution in [-0.2, 0) is 10.8 Å². The molecule has 0 aliphatic heterocycles. The molecule has 0 saturated carbocycles. The summed E-state index contributed by atoms with van der Waals surface area (Å²) in [7, 11) is 0. The van der Waals surface area contributed by atoms with Crippen LogP contribution in [0.2, 0.25) is 0 Å². The second kappa shape index (κ2) is 19.7. The van der Waals surface area contributed by atoms with Gasteiger partial charge in [-0.1, -0.05) is 289 Å². The molecule has 0 heterocycles. The van der Waals surface area contributed by atoms with Crippen molar-refractivity contribution >= 4 is 54.5 Å². The van der Waals surface area contributed by atoms with Crippen molar-refractivity contribution in [3.05, 3.63) is 364 Å². The molecule has 13 aromatic rings. The molecule has 0 fully saturated rings. The summed E-state index contributed by atoms with van der Waals surface area (Å²) in [4.78, 5) is 2.42. The zero-order chi connectivity index (χ0) is 52.0. The lowest BCUT2D eigenvalue weighted by molar-refractivity contribution is 0.768. The summed E-state index contributed by atoms with van der Waals surface area (Å²) in [6.45, 7) is 0. The Morgan fingerprint density at radius 3 is 1.17 bits per heavy atom. The molecule has 0 aromatic heterocycles. The zero-order valence-electron chi connectivity index (χ0n) is 42.8. The number of anilines is 3. The second-order valence-electron chi connectivity index (χ2n) is 20.4. The first kappa shape index (κ1) is 47.1. The number of rotatable bonds is 8. The standard InChI is InChI=1S/C47H33N.C29H19Br/c1-5-17-34(18-6-1)40-26-15-16-28-45(40)48(38-24-11-4-12-25-38)39-30-31-42-44(33-39)47(36-20-7-2-8-21-36,37-22-9-3-10-23-37)43-32-29-35-19-13-14-27-41(35)46(42)43;30-23-16-17-25-27(19-23)29(21-10-3-1-4-11-21,22-12-5-2-6-13-22)26-18-15-20-9-7-8-14-24(20)28(25)26/h1-33H;1-19H. The molecule has 0 amide bonds. The second-order valence-corrected chi connectivity index (χ2v) is 21.3. The lowest BCUT2D eigenvalue weighted by Crippen LogP contribution is -2.28. The van der Waals surface area contributed by atoms with E-state index in [0.717, 1.165) is 21.5 Å². The van der Waals surface area contributed by atoms with Crippen molar-refractivity contribution in [3.8, 4) is 33.4 Å². The maximum absolute atomic E-state index is 3.76. The van der Waals surface area contributed by atoms with Gasteiger partial charge in [-0.2, -0.15) is 0 Å². The van der Waals surface area contributed by atoms with Crippen LogP contribution in [-0.4, -0.2) is 0 Å². The third-order valence-corrected chi connectivity index (χ3v) is 16.8. The largest absolute Gasteiger partial charge is 0.310 e. The van der Waals surface area contributed by atoms with Crippen molar-refractivity contribution in [1.82, 2.24) is 0 Å². The summed E-state index contributed by atoms with van der Waals surface area (Å²) in [5.74, 6) is 0. The molecule has 0 bridgehead atoms. The van der Waals surface area contributed by atoms with E-state index in [0.29, 0.717) is 0 Å². The summed E-state index contributed by atoms with van der Waals surface area (Å²) < 4.78 is 1.11. The normalized spacial score (nSPS) is 13.1. The summed E-state index contributed by atoms with van der Waals surface area (Å²) in [5.41, 5.74) is 20.6. The van der Waals surface area contributed by atoms with Crippen LogP contribution < -0.4 is 4.90 Å². The summed E-state index contributed by atoms with van der Waals surface area (Å²) in [5, 5.41) is 5.13. The smallest absolute Gasteiger partial charge is 0.0714 e. The van der Waals surface area contributed by atoms with Crippen molar-refractivity contribution < 1.29 is 0 Å². The predicted molar refractivity (Wildman–Crippen MR) is 330 cm³/mol. The Kier molecular flexibility index (Phi) is 11.9. The molecule has 0 N–H and O–H groups in total. The zero-order valence-corrected chi connectivity index (χ0v) is 44.4. The molecule has 2 aliphatic carbocycles. The fourth-order valence-electron chi connectivity index (χ4n) is 13.1. The third-order valence-electron chi connectivity index (χ3n) is 16.3. The van der Waals surface area contributed by atoms with Gasteiger partial charge in [0.25, 0.3) is 0 Å². The number of nitrogens with zero attached hydrogens (tertiary/aromatic N) is 1. The van der Waals surface area contributed by atoms with E-state index in [2.05, 4.69) is 336 Å². The van der Waals surface area contributed by atoms with Crippen LogP contribution in [0.5, 0.6) is 0 Å². The first-order valence-electron chi connectivity index (χ1n) is 26.9.